The van der Waals surface area contributed by atoms with Crippen LogP contribution < -0.4 is 0 Å². The van der Waals surface area contributed by atoms with E-state index in [2.05, 4.69) is 5.16 Å². The van der Waals surface area contributed by atoms with Crippen molar-refractivity contribution in [1.29, 1.82) is 0 Å². The van der Waals surface area contributed by atoms with E-state index in [1.54, 1.807) is 6.92 Å². The Balaban J connectivity index is 2.27. The molecule has 70 valence electrons. The maximum absolute atomic E-state index is 10.8. The molecule has 2 rings (SSSR count). The number of aryl methyl sites for hydroxylation is 1. The van der Waals surface area contributed by atoms with E-state index in [1.165, 1.54) is 12.8 Å². The average molecular weight is 181 g/mol. The van der Waals surface area contributed by atoms with Crippen molar-refractivity contribution in [3.8, 4) is 0 Å². The summed E-state index contributed by atoms with van der Waals surface area (Å²) in [5, 5.41) is 12.6. The first-order chi connectivity index (χ1) is 6.18. The van der Waals surface area contributed by atoms with Gasteiger partial charge in [0.25, 0.3) is 0 Å². The molecule has 0 unspecified atom stereocenters. The van der Waals surface area contributed by atoms with Gasteiger partial charge in [0, 0.05) is 0 Å². The van der Waals surface area contributed by atoms with Crippen LogP contribution in [0.5, 0.6) is 0 Å². The molecule has 0 aromatic carbocycles. The molecule has 1 N–H and O–H groups in total. The summed E-state index contributed by atoms with van der Waals surface area (Å²) in [7, 11) is 0. The van der Waals surface area contributed by atoms with Crippen LogP contribution in [0, 0.1) is 12.8 Å². The number of carboxylic acids is 1. The first-order valence-electron chi connectivity index (χ1n) is 4.37. The molecular formula is C9H11NO3. The maximum Gasteiger partial charge on any atom is 0.341 e. The lowest BCUT2D eigenvalue weighted by atomic mass is 10.1. The van der Waals surface area contributed by atoms with Crippen molar-refractivity contribution in [1.82, 2.24) is 5.16 Å². The van der Waals surface area contributed by atoms with Gasteiger partial charge in [-0.25, -0.2) is 4.79 Å². The Labute approximate surface area is 75.5 Å². The molecule has 1 aliphatic rings. The third-order valence-corrected chi connectivity index (χ3v) is 2.33. The average Bonchev–Trinajstić information content (AvgIpc) is 2.76. The SMILES string of the molecule is Cc1onc(CC2CC2)c1C(=O)O. The second-order valence-corrected chi connectivity index (χ2v) is 3.51. The summed E-state index contributed by atoms with van der Waals surface area (Å²) in [5.74, 6) is 0.0974. The molecule has 4 heteroatoms. The number of aromatic carboxylic acids is 1. The van der Waals surface area contributed by atoms with E-state index in [4.69, 9.17) is 9.63 Å². The van der Waals surface area contributed by atoms with Gasteiger partial charge in [0.05, 0.1) is 5.69 Å². The Morgan fingerprint density at radius 2 is 2.38 bits per heavy atom. The topological polar surface area (TPSA) is 63.3 Å². The quantitative estimate of drug-likeness (QED) is 0.769. The minimum Gasteiger partial charge on any atom is -0.477 e. The van der Waals surface area contributed by atoms with E-state index in [0.717, 1.165) is 6.42 Å². The molecule has 0 bridgehead atoms. The standard InChI is InChI=1S/C9H11NO3/c1-5-8(9(11)12)7(10-13-5)4-6-2-3-6/h6H,2-4H2,1H3,(H,11,12). The van der Waals surface area contributed by atoms with Crippen molar-refractivity contribution in [2.45, 2.75) is 26.2 Å². The highest BCUT2D eigenvalue weighted by Crippen LogP contribution is 2.33. The Morgan fingerprint density at radius 3 is 2.92 bits per heavy atom. The van der Waals surface area contributed by atoms with Gasteiger partial charge in [-0.3, -0.25) is 0 Å². The molecule has 1 aliphatic carbocycles. The lowest BCUT2D eigenvalue weighted by molar-refractivity contribution is 0.0694. The van der Waals surface area contributed by atoms with Crippen molar-refractivity contribution in [2.75, 3.05) is 0 Å². The number of nitrogens with zero attached hydrogens (tertiary/aromatic N) is 1. The molecule has 0 saturated heterocycles. The summed E-state index contributed by atoms with van der Waals surface area (Å²) < 4.78 is 4.85. The lowest BCUT2D eigenvalue weighted by Crippen LogP contribution is -2.02. The van der Waals surface area contributed by atoms with Crippen molar-refractivity contribution >= 4 is 5.97 Å². The highest BCUT2D eigenvalue weighted by Gasteiger charge is 2.27. The number of aromatic nitrogens is 1. The molecular weight excluding hydrogens is 170 g/mol. The van der Waals surface area contributed by atoms with E-state index in [-0.39, 0.29) is 5.56 Å². The highest BCUT2D eigenvalue weighted by atomic mass is 16.5. The van der Waals surface area contributed by atoms with Crippen LogP contribution in [-0.2, 0) is 6.42 Å². The van der Waals surface area contributed by atoms with Gasteiger partial charge in [-0.1, -0.05) is 5.16 Å². The van der Waals surface area contributed by atoms with Crippen molar-refractivity contribution < 1.29 is 14.4 Å². The van der Waals surface area contributed by atoms with Crippen LogP contribution >= 0.6 is 0 Å². The van der Waals surface area contributed by atoms with Crippen LogP contribution in [0.15, 0.2) is 4.52 Å². The Bertz CT molecular complexity index is 339. The first kappa shape index (κ1) is 8.29. The molecule has 1 saturated carbocycles. The van der Waals surface area contributed by atoms with Gasteiger partial charge in [0.1, 0.15) is 11.3 Å². The second kappa shape index (κ2) is 2.87. The normalized spacial score (nSPS) is 16.1. The van der Waals surface area contributed by atoms with Crippen LogP contribution in [0.1, 0.15) is 34.7 Å². The number of hydrogen-bond acceptors (Lipinski definition) is 3. The maximum atomic E-state index is 10.8. The Hall–Kier alpha value is -1.32. The van der Waals surface area contributed by atoms with Gasteiger partial charge in [0.15, 0.2) is 0 Å². The van der Waals surface area contributed by atoms with Crippen molar-refractivity contribution in [3.05, 3.63) is 17.0 Å². The zero-order chi connectivity index (χ0) is 9.42. The molecule has 0 amide bonds. The monoisotopic (exact) mass is 181 g/mol. The van der Waals surface area contributed by atoms with Crippen LogP contribution in [0.2, 0.25) is 0 Å². The predicted octanol–water partition coefficient (Wildman–Crippen LogP) is 1.63. The van der Waals surface area contributed by atoms with Crippen LogP contribution in [-0.4, -0.2) is 16.2 Å². The second-order valence-electron chi connectivity index (χ2n) is 3.51. The van der Waals surface area contributed by atoms with Gasteiger partial charge >= 0.3 is 5.97 Å². The summed E-state index contributed by atoms with van der Waals surface area (Å²) in [6.45, 7) is 1.63. The molecule has 0 spiro atoms. The third-order valence-electron chi connectivity index (χ3n) is 2.33. The highest BCUT2D eigenvalue weighted by molar-refractivity contribution is 5.89. The van der Waals surface area contributed by atoms with Crippen molar-refractivity contribution in [3.63, 3.8) is 0 Å². The fraction of sp³-hybridized carbons (Fsp3) is 0.556. The van der Waals surface area contributed by atoms with Crippen molar-refractivity contribution in [2.24, 2.45) is 5.92 Å². The van der Waals surface area contributed by atoms with Gasteiger partial charge in [-0.15, -0.1) is 0 Å². The Kier molecular flexibility index (Phi) is 1.83. The zero-order valence-electron chi connectivity index (χ0n) is 7.41. The molecule has 1 aromatic heterocycles. The summed E-state index contributed by atoms with van der Waals surface area (Å²) in [4.78, 5) is 10.8. The molecule has 1 aromatic rings. The molecule has 0 atom stereocenters. The van der Waals surface area contributed by atoms with E-state index in [0.29, 0.717) is 17.4 Å². The summed E-state index contributed by atoms with van der Waals surface area (Å²) in [6, 6.07) is 0. The lowest BCUT2D eigenvalue weighted by Gasteiger charge is -1.94. The number of hydrogen-bond donors (Lipinski definition) is 1. The summed E-state index contributed by atoms with van der Waals surface area (Å²) in [6.07, 6.45) is 3.12. The van der Waals surface area contributed by atoms with Gasteiger partial charge < -0.3 is 9.63 Å². The summed E-state index contributed by atoms with van der Waals surface area (Å²) >= 11 is 0. The first-order valence-corrected chi connectivity index (χ1v) is 4.37. The van der Waals surface area contributed by atoms with Crippen LogP contribution in [0.3, 0.4) is 0 Å². The van der Waals surface area contributed by atoms with Gasteiger partial charge in [-0.05, 0) is 32.1 Å². The predicted molar refractivity (Wildman–Crippen MR) is 44.6 cm³/mol. The van der Waals surface area contributed by atoms with Crippen LogP contribution in [0.4, 0.5) is 0 Å². The number of rotatable bonds is 3. The molecule has 0 aliphatic heterocycles. The van der Waals surface area contributed by atoms with Gasteiger partial charge in [-0.2, -0.15) is 0 Å². The van der Waals surface area contributed by atoms with E-state index in [9.17, 15) is 4.79 Å². The number of carbonyl (C=O) groups is 1. The van der Waals surface area contributed by atoms with E-state index in [1.807, 2.05) is 0 Å². The minimum atomic E-state index is -0.936. The van der Waals surface area contributed by atoms with Crippen LogP contribution in [0.25, 0.3) is 0 Å². The zero-order valence-corrected chi connectivity index (χ0v) is 7.41. The van der Waals surface area contributed by atoms with E-state index >= 15 is 0 Å². The molecule has 1 heterocycles. The molecule has 13 heavy (non-hydrogen) atoms. The van der Waals surface area contributed by atoms with Gasteiger partial charge in [0.2, 0.25) is 0 Å². The smallest absolute Gasteiger partial charge is 0.341 e. The molecule has 0 radical (unpaired) electrons. The fourth-order valence-corrected chi connectivity index (χ4v) is 1.43. The largest absolute Gasteiger partial charge is 0.477 e. The molecule has 1 fully saturated rings. The fourth-order valence-electron chi connectivity index (χ4n) is 1.43. The third kappa shape index (κ3) is 1.56. The number of carboxylic acid groups (broad SMARTS) is 1. The Morgan fingerprint density at radius 1 is 1.69 bits per heavy atom. The van der Waals surface area contributed by atoms with E-state index < -0.39 is 5.97 Å². The molecule has 4 nitrogen and oxygen atoms in total. The summed E-state index contributed by atoms with van der Waals surface area (Å²) in [5.41, 5.74) is 0.861. The minimum absolute atomic E-state index is 0.256.